The summed E-state index contributed by atoms with van der Waals surface area (Å²) < 4.78 is 5.44. The zero-order valence-electron chi connectivity index (χ0n) is 13.0. The number of rotatable bonds is 5. The zero-order chi connectivity index (χ0) is 16.3. The van der Waals surface area contributed by atoms with Gasteiger partial charge in [0.2, 0.25) is 5.91 Å². The number of β-lactam (4-membered cyclic amide) rings is 1. The van der Waals surface area contributed by atoms with Crippen LogP contribution in [0.1, 0.15) is 24.5 Å². The Morgan fingerprint density at radius 3 is 2.43 bits per heavy atom. The van der Waals surface area contributed by atoms with E-state index in [1.54, 1.807) is 4.90 Å². The fraction of sp³-hybridized carbons (Fsp3) is 0.263. The van der Waals surface area contributed by atoms with Gasteiger partial charge in [0.15, 0.2) is 5.54 Å². The summed E-state index contributed by atoms with van der Waals surface area (Å²) in [6.45, 7) is 2.97. The monoisotopic (exact) mass is 306 g/mol. The van der Waals surface area contributed by atoms with E-state index in [4.69, 9.17) is 4.74 Å². The van der Waals surface area contributed by atoms with Crippen molar-refractivity contribution >= 4 is 5.91 Å². The number of carbonyl (C=O) groups excluding carboxylic acids is 1. The Hall–Kier alpha value is -2.80. The summed E-state index contributed by atoms with van der Waals surface area (Å²) in [5.41, 5.74) is 0.975. The molecule has 116 valence electrons. The molecule has 0 spiro atoms. The fourth-order valence-electron chi connectivity index (χ4n) is 2.94. The molecule has 4 nitrogen and oxygen atoms in total. The molecule has 0 radical (unpaired) electrons. The van der Waals surface area contributed by atoms with E-state index in [9.17, 15) is 10.1 Å². The van der Waals surface area contributed by atoms with E-state index in [-0.39, 0.29) is 12.3 Å². The minimum absolute atomic E-state index is 0.00397. The molecule has 1 unspecified atom stereocenters. The van der Waals surface area contributed by atoms with Crippen molar-refractivity contribution in [3.63, 3.8) is 0 Å². The van der Waals surface area contributed by atoms with E-state index in [1.807, 2.05) is 61.5 Å². The smallest absolute Gasteiger partial charge is 0.228 e. The lowest BCUT2D eigenvalue weighted by atomic mass is 9.78. The minimum atomic E-state index is -0.877. The Kier molecular flexibility index (Phi) is 4.03. The topological polar surface area (TPSA) is 53.3 Å². The van der Waals surface area contributed by atoms with Gasteiger partial charge in [0.05, 0.1) is 19.1 Å². The van der Waals surface area contributed by atoms with Crippen molar-refractivity contribution in [2.24, 2.45) is 0 Å². The van der Waals surface area contributed by atoms with E-state index >= 15 is 0 Å². The van der Waals surface area contributed by atoms with Crippen LogP contribution in [0, 0.1) is 11.3 Å². The van der Waals surface area contributed by atoms with Gasteiger partial charge in [-0.3, -0.25) is 4.79 Å². The molecule has 0 aliphatic carbocycles. The lowest BCUT2D eigenvalue weighted by molar-refractivity contribution is -0.153. The lowest BCUT2D eigenvalue weighted by Gasteiger charge is -2.47. The Labute approximate surface area is 135 Å². The average molecular weight is 306 g/mol. The number of nitrogens with zero attached hydrogens (tertiary/aromatic N) is 2. The third-order valence-electron chi connectivity index (χ3n) is 4.18. The molecule has 3 rings (SSSR count). The van der Waals surface area contributed by atoms with Crippen LogP contribution in [-0.4, -0.2) is 17.4 Å². The van der Waals surface area contributed by atoms with Crippen LogP contribution in [0.4, 0.5) is 0 Å². The molecule has 2 aromatic carbocycles. The standard InChI is InChI=1S/C19H18N2O2/c1-2-23-17-10-8-16(9-11-17)19(14-20)12-18(22)21(19)13-15-6-4-3-5-7-15/h3-11H,2,12-13H2,1H3. The van der Waals surface area contributed by atoms with E-state index in [1.165, 1.54) is 0 Å². The first-order chi connectivity index (χ1) is 11.2. The molecular formula is C19H18N2O2. The van der Waals surface area contributed by atoms with Crippen LogP contribution in [0.15, 0.2) is 54.6 Å². The summed E-state index contributed by atoms with van der Waals surface area (Å²) in [5, 5.41) is 9.75. The number of amides is 1. The minimum Gasteiger partial charge on any atom is -0.494 e. The molecule has 1 saturated heterocycles. The van der Waals surface area contributed by atoms with Gasteiger partial charge in [0.25, 0.3) is 0 Å². The van der Waals surface area contributed by atoms with E-state index in [0.717, 1.165) is 16.9 Å². The van der Waals surface area contributed by atoms with Crippen molar-refractivity contribution in [2.45, 2.75) is 25.4 Å². The van der Waals surface area contributed by atoms with Gasteiger partial charge in [-0.1, -0.05) is 42.5 Å². The van der Waals surface area contributed by atoms with Gasteiger partial charge in [-0.15, -0.1) is 0 Å². The normalized spacial score (nSPS) is 19.8. The van der Waals surface area contributed by atoms with Gasteiger partial charge >= 0.3 is 0 Å². The first kappa shape index (κ1) is 15.1. The van der Waals surface area contributed by atoms with Crippen molar-refractivity contribution in [3.05, 3.63) is 65.7 Å². The van der Waals surface area contributed by atoms with Crippen LogP contribution in [0.25, 0.3) is 0 Å². The second-order valence-corrected chi connectivity index (χ2v) is 5.57. The van der Waals surface area contributed by atoms with Crippen LogP contribution in [0.2, 0.25) is 0 Å². The van der Waals surface area contributed by atoms with Gasteiger partial charge in [-0.2, -0.15) is 5.26 Å². The Balaban J connectivity index is 1.88. The molecule has 0 N–H and O–H groups in total. The number of nitriles is 1. The second kappa shape index (κ2) is 6.13. The summed E-state index contributed by atoms with van der Waals surface area (Å²) in [5.74, 6) is 0.772. The molecule has 1 fully saturated rings. The summed E-state index contributed by atoms with van der Waals surface area (Å²) in [7, 11) is 0. The number of hydrogen-bond acceptors (Lipinski definition) is 3. The molecule has 1 aliphatic heterocycles. The van der Waals surface area contributed by atoms with E-state index < -0.39 is 5.54 Å². The highest BCUT2D eigenvalue weighted by molar-refractivity contribution is 5.87. The largest absolute Gasteiger partial charge is 0.494 e. The van der Waals surface area contributed by atoms with Crippen LogP contribution < -0.4 is 4.74 Å². The summed E-state index contributed by atoms with van der Waals surface area (Å²) >= 11 is 0. The quantitative estimate of drug-likeness (QED) is 0.797. The van der Waals surface area contributed by atoms with Crippen molar-refractivity contribution in [1.29, 1.82) is 5.26 Å². The molecule has 1 amide bonds. The Morgan fingerprint density at radius 1 is 1.17 bits per heavy atom. The van der Waals surface area contributed by atoms with Crippen LogP contribution in [0.5, 0.6) is 5.75 Å². The predicted octanol–water partition coefficient (Wildman–Crippen LogP) is 3.24. The van der Waals surface area contributed by atoms with Gasteiger partial charge < -0.3 is 9.64 Å². The molecule has 1 aliphatic rings. The molecule has 0 bridgehead atoms. The lowest BCUT2D eigenvalue weighted by Crippen LogP contribution is -2.59. The van der Waals surface area contributed by atoms with Crippen LogP contribution in [-0.2, 0) is 16.9 Å². The van der Waals surface area contributed by atoms with Crippen molar-refractivity contribution in [2.75, 3.05) is 6.61 Å². The number of hydrogen-bond donors (Lipinski definition) is 0. The third-order valence-corrected chi connectivity index (χ3v) is 4.18. The highest BCUT2D eigenvalue weighted by Gasteiger charge is 2.52. The summed E-state index contributed by atoms with van der Waals surface area (Å²) in [4.78, 5) is 13.8. The number of benzene rings is 2. The highest BCUT2D eigenvalue weighted by atomic mass is 16.5. The predicted molar refractivity (Wildman–Crippen MR) is 86.5 cm³/mol. The maximum Gasteiger partial charge on any atom is 0.228 e. The number of likely N-dealkylation sites (tertiary alicyclic amines) is 1. The average Bonchev–Trinajstić information content (AvgIpc) is 2.59. The molecule has 0 saturated carbocycles. The Bertz CT molecular complexity index is 734. The molecule has 2 aromatic rings. The maximum absolute atomic E-state index is 12.1. The molecular weight excluding hydrogens is 288 g/mol. The maximum atomic E-state index is 12.1. The third kappa shape index (κ3) is 2.66. The van der Waals surface area contributed by atoms with Gasteiger partial charge in [-0.05, 0) is 30.2 Å². The van der Waals surface area contributed by atoms with Gasteiger partial charge in [0, 0.05) is 6.54 Å². The highest BCUT2D eigenvalue weighted by Crippen LogP contribution is 2.42. The van der Waals surface area contributed by atoms with Crippen molar-refractivity contribution in [3.8, 4) is 11.8 Å². The SMILES string of the molecule is CCOc1ccc(C2(C#N)CC(=O)N2Cc2ccccc2)cc1. The molecule has 1 heterocycles. The number of ether oxygens (including phenoxy) is 1. The Morgan fingerprint density at radius 2 is 1.87 bits per heavy atom. The van der Waals surface area contributed by atoms with Crippen molar-refractivity contribution in [1.82, 2.24) is 4.90 Å². The number of carbonyl (C=O) groups is 1. The molecule has 4 heteroatoms. The molecule has 0 aromatic heterocycles. The van der Waals surface area contributed by atoms with Crippen molar-refractivity contribution < 1.29 is 9.53 Å². The molecule has 23 heavy (non-hydrogen) atoms. The first-order valence-electron chi connectivity index (χ1n) is 7.68. The second-order valence-electron chi connectivity index (χ2n) is 5.57. The molecule has 1 atom stereocenters. The van der Waals surface area contributed by atoms with Gasteiger partial charge in [0.1, 0.15) is 5.75 Å². The fourth-order valence-corrected chi connectivity index (χ4v) is 2.94. The first-order valence-corrected chi connectivity index (χ1v) is 7.68. The van der Waals surface area contributed by atoms with Gasteiger partial charge in [-0.25, -0.2) is 0 Å². The van der Waals surface area contributed by atoms with E-state index in [2.05, 4.69) is 6.07 Å². The van der Waals surface area contributed by atoms with Crippen LogP contribution in [0.3, 0.4) is 0 Å². The van der Waals surface area contributed by atoms with E-state index in [0.29, 0.717) is 13.2 Å². The zero-order valence-corrected chi connectivity index (χ0v) is 13.0. The summed E-state index contributed by atoms with van der Waals surface area (Å²) in [6.07, 6.45) is 0.227. The van der Waals surface area contributed by atoms with Crippen LogP contribution >= 0.6 is 0 Å². The summed E-state index contributed by atoms with van der Waals surface area (Å²) in [6, 6.07) is 19.5.